The largest absolute Gasteiger partial charge is 0.481 e. The first kappa shape index (κ1) is 14.2. The first-order chi connectivity index (χ1) is 9.46. The molecule has 114 valence electrons. The van der Waals surface area contributed by atoms with E-state index >= 15 is 0 Å². The van der Waals surface area contributed by atoms with E-state index in [1.807, 2.05) is 0 Å². The highest BCUT2D eigenvalue weighted by molar-refractivity contribution is 7.86. The Kier molecular flexibility index (Phi) is 3.74. The van der Waals surface area contributed by atoms with Gasteiger partial charge in [-0.2, -0.15) is 17.0 Å². The van der Waals surface area contributed by atoms with Crippen molar-refractivity contribution in [2.75, 3.05) is 26.2 Å². The molecule has 3 saturated heterocycles. The lowest BCUT2D eigenvalue weighted by atomic mass is 10.0. The maximum absolute atomic E-state index is 12.6. The van der Waals surface area contributed by atoms with Crippen LogP contribution in [0.2, 0.25) is 0 Å². The minimum Gasteiger partial charge on any atom is -0.481 e. The van der Waals surface area contributed by atoms with Gasteiger partial charge in [0, 0.05) is 26.2 Å². The van der Waals surface area contributed by atoms with E-state index in [0.29, 0.717) is 32.5 Å². The van der Waals surface area contributed by atoms with Crippen molar-refractivity contribution in [3.63, 3.8) is 0 Å². The molecule has 0 spiro atoms. The third kappa shape index (κ3) is 2.57. The molecule has 20 heavy (non-hydrogen) atoms. The molecule has 0 saturated carbocycles. The Bertz CT molecular complexity index is 482. The lowest BCUT2D eigenvalue weighted by molar-refractivity contribution is -0.142. The summed E-state index contributed by atoms with van der Waals surface area (Å²) in [5.41, 5.74) is 0. The number of hydrogen-bond acceptors (Lipinski definition) is 4. The zero-order valence-electron chi connectivity index (χ0n) is 11.3. The molecule has 0 radical (unpaired) electrons. The zero-order valence-corrected chi connectivity index (χ0v) is 12.1. The summed E-state index contributed by atoms with van der Waals surface area (Å²) in [4.78, 5) is 11.1. The first-order valence-electron chi connectivity index (χ1n) is 7.10. The van der Waals surface area contributed by atoms with Crippen LogP contribution in [0, 0.1) is 5.92 Å². The highest BCUT2D eigenvalue weighted by Crippen LogP contribution is 2.30. The smallest absolute Gasteiger partial charge is 0.307 e. The van der Waals surface area contributed by atoms with Crippen molar-refractivity contribution in [2.24, 2.45) is 5.92 Å². The molecule has 0 aromatic rings. The number of aliphatic carboxylic acids is 1. The number of carboxylic acids is 1. The van der Waals surface area contributed by atoms with E-state index in [1.54, 1.807) is 0 Å². The molecule has 3 aliphatic rings. The van der Waals surface area contributed by atoms with Gasteiger partial charge in [-0.05, 0) is 25.7 Å². The SMILES string of the molecule is O=C(O)C1CCCN(S(=O)(=O)N2CC3CCC(C2)O3)C1. The topological polar surface area (TPSA) is 87.2 Å². The minimum absolute atomic E-state index is 0.00332. The molecule has 3 unspecified atom stereocenters. The van der Waals surface area contributed by atoms with Crippen LogP contribution >= 0.6 is 0 Å². The Morgan fingerprint density at radius 1 is 1.05 bits per heavy atom. The fraction of sp³-hybridized carbons (Fsp3) is 0.917. The summed E-state index contributed by atoms with van der Waals surface area (Å²) >= 11 is 0. The van der Waals surface area contributed by atoms with Gasteiger partial charge in [0.1, 0.15) is 0 Å². The van der Waals surface area contributed by atoms with Crippen LogP contribution in [0.4, 0.5) is 0 Å². The summed E-state index contributed by atoms with van der Waals surface area (Å²) in [6.45, 7) is 1.29. The van der Waals surface area contributed by atoms with Gasteiger partial charge in [-0.25, -0.2) is 0 Å². The van der Waals surface area contributed by atoms with Gasteiger partial charge in [-0.3, -0.25) is 4.79 Å². The number of rotatable bonds is 3. The number of hydrogen-bond donors (Lipinski definition) is 1. The van der Waals surface area contributed by atoms with Crippen molar-refractivity contribution in [3.05, 3.63) is 0 Å². The molecule has 3 aliphatic heterocycles. The number of fused-ring (bicyclic) bond motifs is 2. The third-order valence-corrected chi connectivity index (χ3v) is 6.33. The van der Waals surface area contributed by atoms with E-state index in [9.17, 15) is 13.2 Å². The third-order valence-electron chi connectivity index (χ3n) is 4.40. The Labute approximate surface area is 118 Å². The molecular formula is C12H20N2O5S. The molecule has 8 heteroatoms. The molecule has 1 N–H and O–H groups in total. The Balaban J connectivity index is 1.72. The Morgan fingerprint density at radius 2 is 1.70 bits per heavy atom. The number of carboxylic acid groups (broad SMARTS) is 1. The summed E-state index contributed by atoms with van der Waals surface area (Å²) < 4.78 is 33.7. The molecule has 3 fully saturated rings. The van der Waals surface area contributed by atoms with Crippen LogP contribution in [0.25, 0.3) is 0 Å². The average molecular weight is 304 g/mol. The summed E-state index contributed by atoms with van der Waals surface area (Å²) in [7, 11) is -3.55. The molecule has 0 aliphatic carbocycles. The van der Waals surface area contributed by atoms with E-state index in [-0.39, 0.29) is 18.8 Å². The van der Waals surface area contributed by atoms with Crippen molar-refractivity contribution in [1.29, 1.82) is 0 Å². The quantitative estimate of drug-likeness (QED) is 0.786. The second-order valence-corrected chi connectivity index (χ2v) is 7.75. The van der Waals surface area contributed by atoms with Crippen LogP contribution in [-0.4, -0.2) is 66.5 Å². The summed E-state index contributed by atoms with van der Waals surface area (Å²) in [5, 5.41) is 9.07. The maximum Gasteiger partial charge on any atom is 0.307 e. The molecule has 3 heterocycles. The summed E-state index contributed by atoms with van der Waals surface area (Å²) in [5.74, 6) is -1.50. The molecule has 3 rings (SSSR count). The summed E-state index contributed by atoms with van der Waals surface area (Å²) in [6.07, 6.45) is 2.98. The summed E-state index contributed by atoms with van der Waals surface area (Å²) in [6, 6.07) is 0. The normalized spacial score (nSPS) is 36.1. The fourth-order valence-electron chi connectivity index (χ4n) is 3.28. The minimum atomic E-state index is -3.55. The fourth-order valence-corrected chi connectivity index (χ4v) is 5.05. The Morgan fingerprint density at radius 3 is 2.30 bits per heavy atom. The molecule has 3 atom stereocenters. The second-order valence-electron chi connectivity index (χ2n) is 5.82. The van der Waals surface area contributed by atoms with E-state index in [0.717, 1.165) is 12.8 Å². The second kappa shape index (κ2) is 5.25. The molecule has 0 aromatic carbocycles. The van der Waals surface area contributed by atoms with Gasteiger partial charge in [-0.15, -0.1) is 0 Å². The standard InChI is InChI=1S/C12H20N2O5S/c15-12(16)9-2-1-5-13(6-9)20(17,18)14-7-10-3-4-11(8-14)19-10/h9-11H,1-8H2,(H,15,16). The van der Waals surface area contributed by atoms with Crippen LogP contribution in [0.5, 0.6) is 0 Å². The first-order valence-corrected chi connectivity index (χ1v) is 8.50. The number of piperidine rings is 1. The molecule has 2 bridgehead atoms. The number of morpholine rings is 1. The lowest BCUT2D eigenvalue weighted by Gasteiger charge is -2.37. The van der Waals surface area contributed by atoms with Crippen LogP contribution in [0.1, 0.15) is 25.7 Å². The van der Waals surface area contributed by atoms with E-state index < -0.39 is 22.1 Å². The van der Waals surface area contributed by atoms with Gasteiger partial charge >= 0.3 is 5.97 Å². The van der Waals surface area contributed by atoms with Crippen LogP contribution in [0.3, 0.4) is 0 Å². The van der Waals surface area contributed by atoms with Crippen molar-refractivity contribution >= 4 is 16.2 Å². The van der Waals surface area contributed by atoms with Gasteiger partial charge in [0.05, 0.1) is 18.1 Å². The van der Waals surface area contributed by atoms with E-state index in [1.165, 1.54) is 8.61 Å². The van der Waals surface area contributed by atoms with Gasteiger partial charge in [-0.1, -0.05) is 0 Å². The molecule has 7 nitrogen and oxygen atoms in total. The Hall–Kier alpha value is -0.700. The van der Waals surface area contributed by atoms with E-state index in [2.05, 4.69) is 0 Å². The van der Waals surface area contributed by atoms with Crippen molar-refractivity contribution < 1.29 is 23.1 Å². The van der Waals surface area contributed by atoms with Gasteiger partial charge in [0.15, 0.2) is 0 Å². The highest BCUT2D eigenvalue weighted by Gasteiger charge is 2.42. The lowest BCUT2D eigenvalue weighted by Crippen LogP contribution is -2.54. The predicted octanol–water partition coefficient (Wildman–Crippen LogP) is -0.109. The zero-order chi connectivity index (χ0) is 14.3. The maximum atomic E-state index is 12.6. The van der Waals surface area contributed by atoms with Crippen LogP contribution < -0.4 is 0 Å². The van der Waals surface area contributed by atoms with Gasteiger partial charge in [0.25, 0.3) is 10.2 Å². The van der Waals surface area contributed by atoms with E-state index in [4.69, 9.17) is 9.84 Å². The van der Waals surface area contributed by atoms with Gasteiger partial charge < -0.3 is 9.84 Å². The average Bonchev–Trinajstić information content (AvgIpc) is 2.77. The number of carbonyl (C=O) groups is 1. The number of nitrogens with zero attached hydrogens (tertiary/aromatic N) is 2. The number of ether oxygens (including phenoxy) is 1. The monoisotopic (exact) mass is 304 g/mol. The van der Waals surface area contributed by atoms with Crippen LogP contribution in [-0.2, 0) is 19.7 Å². The molecular weight excluding hydrogens is 284 g/mol. The van der Waals surface area contributed by atoms with Gasteiger partial charge in [0.2, 0.25) is 0 Å². The highest BCUT2D eigenvalue weighted by atomic mass is 32.2. The van der Waals surface area contributed by atoms with Crippen molar-refractivity contribution in [2.45, 2.75) is 37.9 Å². The van der Waals surface area contributed by atoms with Crippen molar-refractivity contribution in [3.8, 4) is 0 Å². The molecule has 0 amide bonds. The predicted molar refractivity (Wildman–Crippen MR) is 70.3 cm³/mol. The van der Waals surface area contributed by atoms with Crippen molar-refractivity contribution in [1.82, 2.24) is 8.61 Å². The molecule has 0 aromatic heterocycles. The van der Waals surface area contributed by atoms with Crippen LogP contribution in [0.15, 0.2) is 0 Å².